The Hall–Kier alpha value is -7.47. The number of rotatable bonds is 5. The summed E-state index contributed by atoms with van der Waals surface area (Å²) < 4.78 is 4.99. The Morgan fingerprint density at radius 1 is 0.345 bits per heavy atom. The highest BCUT2D eigenvalue weighted by Gasteiger charge is 2.22. The van der Waals surface area contributed by atoms with Crippen LogP contribution in [0.3, 0.4) is 0 Å². The summed E-state index contributed by atoms with van der Waals surface area (Å²) in [6.45, 7) is 0. The molecular formula is C53H32N4S. The molecule has 0 amide bonds. The molecule has 3 heterocycles. The molecule has 0 spiro atoms. The third-order valence-corrected chi connectivity index (χ3v) is 12.5. The monoisotopic (exact) mass is 756 g/mol. The van der Waals surface area contributed by atoms with Crippen molar-refractivity contribution in [3.05, 3.63) is 194 Å². The van der Waals surface area contributed by atoms with Gasteiger partial charge >= 0.3 is 0 Å². The Labute approximate surface area is 338 Å². The van der Waals surface area contributed by atoms with Gasteiger partial charge in [-0.2, -0.15) is 0 Å². The number of hydrogen-bond donors (Lipinski definition) is 0. The van der Waals surface area contributed by atoms with E-state index in [0.29, 0.717) is 17.5 Å². The molecule has 0 saturated carbocycles. The molecule has 12 aromatic rings. The molecule has 0 atom stereocenters. The summed E-state index contributed by atoms with van der Waals surface area (Å²) >= 11 is 1.86. The van der Waals surface area contributed by atoms with E-state index in [0.717, 1.165) is 33.5 Å². The van der Waals surface area contributed by atoms with Crippen LogP contribution in [0.1, 0.15) is 0 Å². The first-order valence-electron chi connectivity index (χ1n) is 19.5. The molecule has 0 N–H and O–H groups in total. The second kappa shape index (κ2) is 13.1. The Balaban J connectivity index is 1.20. The van der Waals surface area contributed by atoms with Gasteiger partial charge in [0.2, 0.25) is 0 Å². The predicted molar refractivity (Wildman–Crippen MR) is 244 cm³/mol. The standard InChI is InChI=1S/C53H32N4S/c1-3-15-34(16-4-1)51-54-52(35-17-5-2-6-18-35)56-53(55-51)38-26-28-45(57-44-24-12-11-22-40(44)42-30-36-19-7-8-20-37(36)32-46(42)57)43(31-38)41-23-13-25-47-50(41)49-39-21-10-9-14-33(39)27-29-48(49)58-47/h1-32H. The average Bonchev–Trinajstić information content (AvgIpc) is 3.84. The van der Waals surface area contributed by atoms with Crippen molar-refractivity contribution in [1.29, 1.82) is 0 Å². The first-order valence-corrected chi connectivity index (χ1v) is 20.3. The van der Waals surface area contributed by atoms with Gasteiger partial charge in [-0.1, -0.05) is 146 Å². The predicted octanol–water partition coefficient (Wildman–Crippen LogP) is 14.3. The van der Waals surface area contributed by atoms with Crippen LogP contribution in [0.4, 0.5) is 0 Å². The summed E-state index contributed by atoms with van der Waals surface area (Å²) in [5.74, 6) is 1.91. The maximum atomic E-state index is 5.18. The number of nitrogens with zero attached hydrogens (tertiary/aromatic N) is 4. The zero-order chi connectivity index (χ0) is 38.2. The lowest BCUT2D eigenvalue weighted by Gasteiger charge is -2.17. The van der Waals surface area contributed by atoms with Gasteiger partial charge in [-0.15, -0.1) is 11.3 Å². The number of para-hydroxylation sites is 1. The maximum absolute atomic E-state index is 5.18. The van der Waals surface area contributed by atoms with Crippen LogP contribution in [0.25, 0.3) is 115 Å². The van der Waals surface area contributed by atoms with Crippen molar-refractivity contribution >= 4 is 74.9 Å². The SMILES string of the molecule is c1ccc(-c2nc(-c3ccccc3)nc(-c3ccc(-n4c5ccccc5c5cc6ccccc6cc54)c(-c4cccc5sc6ccc7ccccc7c6c45)c3)n2)cc1. The molecule has 5 heteroatoms. The minimum Gasteiger partial charge on any atom is -0.309 e. The van der Waals surface area contributed by atoms with Crippen LogP contribution in [-0.2, 0) is 0 Å². The fraction of sp³-hybridized carbons (Fsp3) is 0. The summed E-state index contributed by atoms with van der Waals surface area (Å²) in [6, 6.07) is 69.3. The van der Waals surface area contributed by atoms with Crippen molar-refractivity contribution < 1.29 is 0 Å². The second-order valence-electron chi connectivity index (χ2n) is 14.8. The molecule has 0 bridgehead atoms. The minimum absolute atomic E-state index is 0.626. The van der Waals surface area contributed by atoms with Crippen molar-refractivity contribution in [2.45, 2.75) is 0 Å². The molecule has 0 fully saturated rings. The number of fused-ring (bicyclic) bond motifs is 9. The van der Waals surface area contributed by atoms with Gasteiger partial charge in [0.1, 0.15) is 0 Å². The summed E-state index contributed by atoms with van der Waals surface area (Å²) in [5.41, 5.74) is 8.50. The molecule has 0 aliphatic rings. The van der Waals surface area contributed by atoms with Crippen LogP contribution >= 0.6 is 11.3 Å². The minimum atomic E-state index is 0.626. The van der Waals surface area contributed by atoms with E-state index in [1.807, 2.05) is 47.7 Å². The Bertz CT molecular complexity index is 3510. The zero-order valence-electron chi connectivity index (χ0n) is 31.2. The molecule has 3 aromatic heterocycles. The van der Waals surface area contributed by atoms with E-state index in [4.69, 9.17) is 15.0 Å². The maximum Gasteiger partial charge on any atom is 0.164 e. The van der Waals surface area contributed by atoms with Crippen LogP contribution in [0, 0.1) is 0 Å². The van der Waals surface area contributed by atoms with Crippen molar-refractivity contribution in [1.82, 2.24) is 19.5 Å². The lowest BCUT2D eigenvalue weighted by Crippen LogP contribution is -2.02. The van der Waals surface area contributed by atoms with Gasteiger partial charge in [-0.3, -0.25) is 0 Å². The van der Waals surface area contributed by atoms with Gasteiger partial charge in [0.05, 0.1) is 16.7 Å². The normalized spacial score (nSPS) is 11.8. The summed E-state index contributed by atoms with van der Waals surface area (Å²) in [7, 11) is 0. The fourth-order valence-electron chi connectivity index (χ4n) is 8.75. The lowest BCUT2D eigenvalue weighted by atomic mass is 9.94. The Kier molecular flexibility index (Phi) is 7.37. The van der Waals surface area contributed by atoms with Gasteiger partial charge in [0, 0.05) is 53.2 Å². The van der Waals surface area contributed by atoms with Crippen LogP contribution < -0.4 is 0 Å². The van der Waals surface area contributed by atoms with E-state index in [1.54, 1.807) is 0 Å². The first kappa shape index (κ1) is 32.7. The molecule has 58 heavy (non-hydrogen) atoms. The molecule has 4 nitrogen and oxygen atoms in total. The van der Waals surface area contributed by atoms with E-state index < -0.39 is 0 Å². The van der Waals surface area contributed by atoms with Crippen molar-refractivity contribution in [2.24, 2.45) is 0 Å². The van der Waals surface area contributed by atoms with Crippen LogP contribution in [0.15, 0.2) is 194 Å². The molecule has 0 aliphatic carbocycles. The fourth-order valence-corrected chi connectivity index (χ4v) is 9.90. The largest absolute Gasteiger partial charge is 0.309 e. The number of thiophene rings is 1. The van der Waals surface area contributed by atoms with Crippen LogP contribution in [-0.4, -0.2) is 19.5 Å². The lowest BCUT2D eigenvalue weighted by molar-refractivity contribution is 1.07. The second-order valence-corrected chi connectivity index (χ2v) is 15.9. The van der Waals surface area contributed by atoms with Crippen molar-refractivity contribution in [3.63, 3.8) is 0 Å². The number of aromatic nitrogens is 4. The van der Waals surface area contributed by atoms with E-state index in [9.17, 15) is 0 Å². The van der Waals surface area contributed by atoms with Crippen LogP contribution in [0.5, 0.6) is 0 Å². The van der Waals surface area contributed by atoms with E-state index in [1.165, 1.54) is 63.6 Å². The Morgan fingerprint density at radius 2 is 0.948 bits per heavy atom. The first-order chi connectivity index (χ1) is 28.7. The summed E-state index contributed by atoms with van der Waals surface area (Å²) in [6.07, 6.45) is 0. The van der Waals surface area contributed by atoms with E-state index >= 15 is 0 Å². The highest BCUT2D eigenvalue weighted by atomic mass is 32.1. The topological polar surface area (TPSA) is 43.6 Å². The van der Waals surface area contributed by atoms with Crippen LogP contribution in [0.2, 0.25) is 0 Å². The average molecular weight is 757 g/mol. The van der Waals surface area contributed by atoms with Crippen molar-refractivity contribution in [3.8, 4) is 51.0 Å². The molecular weight excluding hydrogens is 725 g/mol. The van der Waals surface area contributed by atoms with E-state index in [-0.39, 0.29) is 0 Å². The molecule has 12 rings (SSSR count). The Morgan fingerprint density at radius 3 is 1.69 bits per heavy atom. The number of hydrogen-bond acceptors (Lipinski definition) is 4. The molecule has 0 unspecified atom stereocenters. The van der Waals surface area contributed by atoms with Gasteiger partial charge in [-0.25, -0.2) is 15.0 Å². The highest BCUT2D eigenvalue weighted by molar-refractivity contribution is 7.26. The van der Waals surface area contributed by atoms with E-state index in [2.05, 4.69) is 162 Å². The zero-order valence-corrected chi connectivity index (χ0v) is 32.0. The molecule has 270 valence electrons. The van der Waals surface area contributed by atoms with Crippen molar-refractivity contribution in [2.75, 3.05) is 0 Å². The van der Waals surface area contributed by atoms with Gasteiger partial charge in [0.25, 0.3) is 0 Å². The van der Waals surface area contributed by atoms with Gasteiger partial charge in [0.15, 0.2) is 17.5 Å². The molecule has 0 radical (unpaired) electrons. The molecule has 0 saturated heterocycles. The summed E-state index contributed by atoms with van der Waals surface area (Å²) in [5, 5.41) is 9.94. The number of benzene rings is 9. The molecule has 9 aromatic carbocycles. The third-order valence-electron chi connectivity index (χ3n) is 11.4. The highest BCUT2D eigenvalue weighted by Crippen LogP contribution is 2.46. The quantitative estimate of drug-likeness (QED) is 0.176. The smallest absolute Gasteiger partial charge is 0.164 e. The summed E-state index contributed by atoms with van der Waals surface area (Å²) in [4.78, 5) is 15.4. The molecule has 0 aliphatic heterocycles. The van der Waals surface area contributed by atoms with Gasteiger partial charge in [-0.05, 0) is 75.6 Å². The van der Waals surface area contributed by atoms with Gasteiger partial charge < -0.3 is 4.57 Å². The third kappa shape index (κ3) is 5.18.